The van der Waals surface area contributed by atoms with Crippen molar-refractivity contribution in [1.29, 1.82) is 0 Å². The fourth-order valence-electron chi connectivity index (χ4n) is 3.01. The van der Waals surface area contributed by atoms with Gasteiger partial charge in [-0.25, -0.2) is 0 Å². The Bertz CT molecular complexity index is 448. The highest BCUT2D eigenvalue weighted by atomic mass is 19.4. The predicted molar refractivity (Wildman–Crippen MR) is 61.2 cm³/mol. The van der Waals surface area contributed by atoms with Crippen LogP contribution >= 0.6 is 0 Å². The number of fused-ring (bicyclic) bond motifs is 1. The van der Waals surface area contributed by atoms with Crippen LogP contribution in [-0.2, 0) is 6.18 Å². The molecule has 1 N–H and O–H groups in total. The van der Waals surface area contributed by atoms with Crippen molar-refractivity contribution in [2.45, 2.75) is 6.18 Å². The van der Waals surface area contributed by atoms with Crippen LogP contribution < -0.4 is 4.90 Å². The molecule has 2 nitrogen and oxygen atoms in total. The van der Waals surface area contributed by atoms with Gasteiger partial charge in [-0.2, -0.15) is 13.2 Å². The fraction of sp³-hybridized carbons (Fsp3) is 0.538. The number of benzene rings is 1. The predicted octanol–water partition coefficient (Wildman–Crippen LogP) is 2.38. The second kappa shape index (κ2) is 3.88. The van der Waals surface area contributed by atoms with Crippen molar-refractivity contribution in [3.05, 3.63) is 29.8 Å². The minimum absolute atomic E-state index is 0.200. The van der Waals surface area contributed by atoms with E-state index in [0.29, 0.717) is 23.4 Å². The number of aliphatic hydroxyl groups is 1. The summed E-state index contributed by atoms with van der Waals surface area (Å²) in [4.78, 5) is 1.98. The van der Waals surface area contributed by atoms with Gasteiger partial charge < -0.3 is 10.0 Å². The third-order valence-electron chi connectivity index (χ3n) is 4.12. The van der Waals surface area contributed by atoms with Crippen LogP contribution in [-0.4, -0.2) is 24.8 Å². The molecule has 3 rings (SSSR count). The van der Waals surface area contributed by atoms with E-state index in [1.165, 1.54) is 12.1 Å². The second-order valence-corrected chi connectivity index (χ2v) is 5.13. The highest BCUT2D eigenvalue weighted by molar-refractivity contribution is 5.51. The van der Waals surface area contributed by atoms with Gasteiger partial charge in [0.2, 0.25) is 0 Å². The first-order valence-corrected chi connectivity index (χ1v) is 6.04. The van der Waals surface area contributed by atoms with E-state index in [9.17, 15) is 13.2 Å². The summed E-state index contributed by atoms with van der Waals surface area (Å²) >= 11 is 0. The molecule has 5 heteroatoms. The van der Waals surface area contributed by atoms with Gasteiger partial charge in [0.25, 0.3) is 0 Å². The highest BCUT2D eigenvalue weighted by Crippen LogP contribution is 2.52. The first kappa shape index (κ1) is 11.8. The van der Waals surface area contributed by atoms with Crippen molar-refractivity contribution >= 4 is 5.69 Å². The summed E-state index contributed by atoms with van der Waals surface area (Å²) in [6.45, 7) is 1.72. The smallest absolute Gasteiger partial charge is 0.396 e. The molecule has 1 aromatic rings. The lowest BCUT2D eigenvalue weighted by Gasteiger charge is -2.22. The first-order valence-electron chi connectivity index (χ1n) is 6.04. The molecule has 1 saturated carbocycles. The van der Waals surface area contributed by atoms with Gasteiger partial charge in [0.15, 0.2) is 0 Å². The molecule has 1 aromatic carbocycles. The molecule has 18 heavy (non-hydrogen) atoms. The van der Waals surface area contributed by atoms with Gasteiger partial charge in [-0.3, -0.25) is 0 Å². The standard InChI is InChI=1S/C13H14F3NO/c14-13(15,16)8-2-1-3-9(4-8)17-5-10-11(6-17)12(10)7-18/h1-4,10-12,18H,5-7H2. The number of nitrogens with zero attached hydrogens (tertiary/aromatic N) is 1. The Morgan fingerprint density at radius 1 is 1.22 bits per heavy atom. The number of alkyl halides is 3. The molecule has 1 heterocycles. The Morgan fingerprint density at radius 3 is 2.44 bits per heavy atom. The average molecular weight is 257 g/mol. The zero-order valence-corrected chi connectivity index (χ0v) is 9.69. The van der Waals surface area contributed by atoms with Crippen molar-refractivity contribution in [1.82, 2.24) is 0 Å². The minimum Gasteiger partial charge on any atom is -0.396 e. The van der Waals surface area contributed by atoms with Crippen molar-refractivity contribution in [3.8, 4) is 0 Å². The molecule has 2 atom stereocenters. The quantitative estimate of drug-likeness (QED) is 0.879. The molecule has 98 valence electrons. The zero-order valence-electron chi connectivity index (χ0n) is 9.69. The van der Waals surface area contributed by atoms with Crippen LogP contribution in [0.2, 0.25) is 0 Å². The molecule has 1 aliphatic carbocycles. The first-order chi connectivity index (χ1) is 8.50. The van der Waals surface area contributed by atoms with Crippen molar-refractivity contribution in [2.24, 2.45) is 17.8 Å². The molecule has 2 fully saturated rings. The van der Waals surface area contributed by atoms with E-state index < -0.39 is 11.7 Å². The number of piperidine rings is 1. The number of halogens is 3. The lowest BCUT2D eigenvalue weighted by atomic mass is 10.1. The van der Waals surface area contributed by atoms with E-state index >= 15 is 0 Å². The largest absolute Gasteiger partial charge is 0.416 e. The van der Waals surface area contributed by atoms with Gasteiger partial charge in [0.05, 0.1) is 5.56 Å². The molecule has 0 radical (unpaired) electrons. The van der Waals surface area contributed by atoms with Gasteiger partial charge in [0.1, 0.15) is 0 Å². The Hall–Kier alpha value is -1.23. The van der Waals surface area contributed by atoms with Crippen LogP contribution in [0, 0.1) is 17.8 Å². The molecule has 2 aliphatic rings. The topological polar surface area (TPSA) is 23.5 Å². The molecule has 0 amide bonds. The SMILES string of the molecule is OCC1C2CN(c3cccc(C(F)(F)F)c3)CC12. The van der Waals surface area contributed by atoms with E-state index in [1.54, 1.807) is 6.07 Å². The van der Waals surface area contributed by atoms with Crippen LogP contribution in [0.15, 0.2) is 24.3 Å². The highest BCUT2D eigenvalue weighted by Gasteiger charge is 2.55. The lowest BCUT2D eigenvalue weighted by Crippen LogP contribution is -2.25. The molecule has 2 unspecified atom stereocenters. The Balaban J connectivity index is 1.75. The molecule has 0 spiro atoms. The summed E-state index contributed by atoms with van der Waals surface area (Å²) in [6.07, 6.45) is -4.29. The molecule has 1 saturated heterocycles. The third-order valence-corrected chi connectivity index (χ3v) is 4.12. The maximum Gasteiger partial charge on any atom is 0.416 e. The maximum absolute atomic E-state index is 12.6. The van der Waals surface area contributed by atoms with E-state index in [2.05, 4.69) is 0 Å². The average Bonchev–Trinajstić information content (AvgIpc) is 2.80. The van der Waals surface area contributed by atoms with E-state index in [1.807, 2.05) is 4.90 Å². The van der Waals surface area contributed by atoms with Crippen LogP contribution in [0.5, 0.6) is 0 Å². The van der Waals surface area contributed by atoms with Crippen LogP contribution in [0.1, 0.15) is 5.56 Å². The molecular weight excluding hydrogens is 243 g/mol. The number of anilines is 1. The van der Waals surface area contributed by atoms with E-state index in [0.717, 1.165) is 19.2 Å². The summed E-state index contributed by atoms with van der Waals surface area (Å²) in [5.41, 5.74) is 0.0352. The van der Waals surface area contributed by atoms with Gasteiger partial charge in [-0.05, 0) is 36.0 Å². The van der Waals surface area contributed by atoms with Crippen LogP contribution in [0.25, 0.3) is 0 Å². The van der Waals surface area contributed by atoms with E-state index in [4.69, 9.17) is 5.11 Å². The summed E-state index contributed by atoms with van der Waals surface area (Å²) in [5.74, 6) is 1.29. The van der Waals surface area contributed by atoms with Crippen molar-refractivity contribution in [3.63, 3.8) is 0 Å². The molecular formula is C13H14F3NO. The number of hydrogen-bond donors (Lipinski definition) is 1. The van der Waals surface area contributed by atoms with Crippen LogP contribution in [0.4, 0.5) is 18.9 Å². The zero-order chi connectivity index (χ0) is 12.9. The normalized spacial score (nSPS) is 30.4. The summed E-state index contributed by atoms with van der Waals surface area (Å²) in [5, 5.41) is 9.05. The Morgan fingerprint density at radius 2 is 1.89 bits per heavy atom. The molecule has 1 aliphatic heterocycles. The van der Waals surface area contributed by atoms with Gasteiger partial charge in [-0.1, -0.05) is 6.07 Å². The van der Waals surface area contributed by atoms with Crippen LogP contribution in [0.3, 0.4) is 0 Å². The Labute approximate surface area is 103 Å². The lowest BCUT2D eigenvalue weighted by molar-refractivity contribution is -0.137. The maximum atomic E-state index is 12.6. The van der Waals surface area contributed by atoms with Gasteiger partial charge in [-0.15, -0.1) is 0 Å². The number of aliphatic hydroxyl groups excluding tert-OH is 1. The van der Waals surface area contributed by atoms with Gasteiger partial charge in [0, 0.05) is 25.4 Å². The van der Waals surface area contributed by atoms with E-state index in [-0.39, 0.29) is 6.61 Å². The summed E-state index contributed by atoms with van der Waals surface area (Å²) in [7, 11) is 0. The monoisotopic (exact) mass is 257 g/mol. The number of rotatable bonds is 2. The fourth-order valence-corrected chi connectivity index (χ4v) is 3.01. The molecule has 0 aromatic heterocycles. The van der Waals surface area contributed by atoms with Crippen molar-refractivity contribution < 1.29 is 18.3 Å². The molecule has 0 bridgehead atoms. The second-order valence-electron chi connectivity index (χ2n) is 5.13. The third kappa shape index (κ3) is 1.86. The summed E-state index contributed by atoms with van der Waals surface area (Å²) in [6, 6.07) is 5.47. The number of hydrogen-bond acceptors (Lipinski definition) is 2. The van der Waals surface area contributed by atoms with Crippen molar-refractivity contribution in [2.75, 3.05) is 24.6 Å². The Kier molecular flexibility index (Phi) is 2.55. The summed E-state index contributed by atoms with van der Waals surface area (Å²) < 4.78 is 37.8. The van der Waals surface area contributed by atoms with Gasteiger partial charge >= 0.3 is 6.18 Å². The minimum atomic E-state index is -4.29.